The lowest BCUT2D eigenvalue weighted by Crippen LogP contribution is -1.91. The molecule has 2 aromatic carbocycles. The van der Waals surface area contributed by atoms with E-state index in [0.717, 1.165) is 16.5 Å². The van der Waals surface area contributed by atoms with Gasteiger partial charge in [0.15, 0.2) is 0 Å². The van der Waals surface area contributed by atoms with Gasteiger partial charge in [0.1, 0.15) is 18.0 Å². The molecule has 0 aliphatic heterocycles. The van der Waals surface area contributed by atoms with Gasteiger partial charge in [-0.3, -0.25) is 4.79 Å². The summed E-state index contributed by atoms with van der Waals surface area (Å²) in [5, 5.41) is 0.903. The van der Waals surface area contributed by atoms with Crippen LogP contribution in [-0.2, 0) is 16.1 Å². The first kappa shape index (κ1) is 12.3. The van der Waals surface area contributed by atoms with Crippen molar-refractivity contribution in [2.24, 2.45) is 0 Å². The molecular weight excluding hydrogens is 254 g/mol. The van der Waals surface area contributed by atoms with Gasteiger partial charge in [-0.05, 0) is 12.1 Å². The number of anilines is 1. The fraction of sp³-hybridized carbons (Fsp3) is 0.0625. The highest BCUT2D eigenvalue weighted by molar-refractivity contribution is 5.89. The third-order valence-corrected chi connectivity index (χ3v) is 3.15. The SMILES string of the molecule is Nc1ccc2c(COC=O)c(-c3ccccc3)oc2c1. The normalized spacial score (nSPS) is 10.6. The monoisotopic (exact) mass is 267 g/mol. The summed E-state index contributed by atoms with van der Waals surface area (Å²) in [6.07, 6.45) is 0. The van der Waals surface area contributed by atoms with Gasteiger partial charge in [-0.1, -0.05) is 30.3 Å². The van der Waals surface area contributed by atoms with E-state index >= 15 is 0 Å². The first-order chi connectivity index (χ1) is 9.79. The Kier molecular flexibility index (Phi) is 3.13. The first-order valence-corrected chi connectivity index (χ1v) is 6.21. The second-order valence-electron chi connectivity index (χ2n) is 4.44. The molecule has 0 radical (unpaired) electrons. The number of nitrogens with two attached hydrogens (primary N) is 1. The maximum absolute atomic E-state index is 10.5. The molecule has 4 nitrogen and oxygen atoms in total. The fourth-order valence-corrected chi connectivity index (χ4v) is 2.25. The average molecular weight is 267 g/mol. The molecule has 0 saturated heterocycles. The Labute approximate surface area is 115 Å². The van der Waals surface area contributed by atoms with Crippen LogP contribution in [0.5, 0.6) is 0 Å². The Balaban J connectivity index is 2.21. The first-order valence-electron chi connectivity index (χ1n) is 6.21. The molecule has 0 aliphatic rings. The number of hydrogen-bond acceptors (Lipinski definition) is 4. The van der Waals surface area contributed by atoms with Gasteiger partial charge in [-0.15, -0.1) is 0 Å². The maximum atomic E-state index is 10.5. The highest BCUT2D eigenvalue weighted by atomic mass is 16.5. The van der Waals surface area contributed by atoms with Crippen LogP contribution in [0, 0.1) is 0 Å². The summed E-state index contributed by atoms with van der Waals surface area (Å²) in [5.41, 5.74) is 8.88. The van der Waals surface area contributed by atoms with Crippen molar-refractivity contribution in [1.29, 1.82) is 0 Å². The minimum atomic E-state index is 0.171. The third-order valence-electron chi connectivity index (χ3n) is 3.15. The number of hydrogen-bond donors (Lipinski definition) is 1. The van der Waals surface area contributed by atoms with Crippen LogP contribution in [0.15, 0.2) is 52.9 Å². The lowest BCUT2D eigenvalue weighted by molar-refractivity contribution is -0.129. The Morgan fingerprint density at radius 2 is 1.95 bits per heavy atom. The number of furan rings is 1. The Hall–Kier alpha value is -2.75. The second-order valence-corrected chi connectivity index (χ2v) is 4.44. The van der Waals surface area contributed by atoms with Crippen molar-refractivity contribution < 1.29 is 13.9 Å². The summed E-state index contributed by atoms with van der Waals surface area (Å²) in [6.45, 7) is 0.607. The summed E-state index contributed by atoms with van der Waals surface area (Å²) in [5.74, 6) is 0.702. The fourth-order valence-electron chi connectivity index (χ4n) is 2.25. The van der Waals surface area contributed by atoms with Gasteiger partial charge in [0, 0.05) is 28.3 Å². The van der Waals surface area contributed by atoms with Gasteiger partial charge < -0.3 is 14.9 Å². The van der Waals surface area contributed by atoms with Gasteiger partial charge in [0.05, 0.1) is 0 Å². The molecular formula is C16H13NO3. The molecule has 0 spiro atoms. The summed E-state index contributed by atoms with van der Waals surface area (Å²) < 4.78 is 10.8. The van der Waals surface area contributed by atoms with E-state index in [-0.39, 0.29) is 6.61 Å². The molecule has 0 aliphatic carbocycles. The maximum Gasteiger partial charge on any atom is 0.293 e. The van der Waals surface area contributed by atoms with Gasteiger partial charge in [-0.25, -0.2) is 0 Å². The molecule has 0 amide bonds. The number of benzene rings is 2. The van der Waals surface area contributed by atoms with Crippen molar-refractivity contribution in [3.8, 4) is 11.3 Å². The predicted molar refractivity (Wildman–Crippen MR) is 76.9 cm³/mol. The molecule has 20 heavy (non-hydrogen) atoms. The minimum absolute atomic E-state index is 0.171. The van der Waals surface area contributed by atoms with Crippen LogP contribution < -0.4 is 5.73 Å². The molecule has 0 bridgehead atoms. The second kappa shape index (κ2) is 5.09. The van der Waals surface area contributed by atoms with Crippen molar-refractivity contribution in [2.45, 2.75) is 6.61 Å². The Bertz CT molecular complexity index is 747. The van der Waals surface area contributed by atoms with Gasteiger partial charge in [0.25, 0.3) is 6.47 Å². The van der Waals surface area contributed by atoms with E-state index in [1.54, 1.807) is 12.1 Å². The molecule has 4 heteroatoms. The van der Waals surface area contributed by atoms with Crippen molar-refractivity contribution in [1.82, 2.24) is 0 Å². The molecule has 2 N–H and O–H groups in total. The molecule has 1 aromatic heterocycles. The summed E-state index contributed by atoms with van der Waals surface area (Å²) >= 11 is 0. The van der Waals surface area contributed by atoms with Crippen molar-refractivity contribution in [3.63, 3.8) is 0 Å². The Morgan fingerprint density at radius 1 is 1.15 bits per heavy atom. The number of nitrogen functional groups attached to an aromatic ring is 1. The summed E-state index contributed by atoms with van der Waals surface area (Å²) in [6, 6.07) is 15.2. The molecule has 0 atom stereocenters. The predicted octanol–water partition coefficient (Wildman–Crippen LogP) is 3.36. The zero-order chi connectivity index (χ0) is 13.9. The van der Waals surface area contributed by atoms with E-state index in [0.29, 0.717) is 23.5 Å². The number of ether oxygens (including phenoxy) is 1. The largest absolute Gasteiger partial charge is 0.463 e. The zero-order valence-corrected chi connectivity index (χ0v) is 10.7. The van der Waals surface area contributed by atoms with Crippen LogP contribution in [-0.4, -0.2) is 6.47 Å². The van der Waals surface area contributed by atoms with E-state index in [1.165, 1.54) is 0 Å². The average Bonchev–Trinajstić information content (AvgIpc) is 2.83. The standard InChI is InChI=1S/C16H13NO3/c17-12-6-7-13-14(9-19-10-18)16(20-15(13)8-12)11-4-2-1-3-5-11/h1-8,10H,9,17H2. The highest BCUT2D eigenvalue weighted by Crippen LogP contribution is 2.34. The van der Waals surface area contributed by atoms with Crippen molar-refractivity contribution in [3.05, 3.63) is 54.1 Å². The summed E-state index contributed by atoms with van der Waals surface area (Å²) in [7, 11) is 0. The number of carbonyl (C=O) groups excluding carboxylic acids is 1. The molecule has 0 fully saturated rings. The number of fused-ring (bicyclic) bond motifs is 1. The summed E-state index contributed by atoms with van der Waals surface area (Å²) in [4.78, 5) is 10.5. The van der Waals surface area contributed by atoms with Crippen LogP contribution >= 0.6 is 0 Å². The third kappa shape index (κ3) is 2.12. The molecule has 3 rings (SSSR count). The molecule has 0 unspecified atom stereocenters. The minimum Gasteiger partial charge on any atom is -0.463 e. The Morgan fingerprint density at radius 3 is 2.70 bits per heavy atom. The van der Waals surface area contributed by atoms with E-state index < -0.39 is 0 Å². The quantitative estimate of drug-likeness (QED) is 0.581. The van der Waals surface area contributed by atoms with Crippen LogP contribution in [0.1, 0.15) is 5.56 Å². The van der Waals surface area contributed by atoms with Crippen molar-refractivity contribution >= 4 is 23.1 Å². The molecule has 1 heterocycles. The van der Waals surface area contributed by atoms with E-state index in [9.17, 15) is 4.79 Å². The van der Waals surface area contributed by atoms with E-state index in [4.69, 9.17) is 14.9 Å². The molecule has 3 aromatic rings. The van der Waals surface area contributed by atoms with Crippen LogP contribution in [0.2, 0.25) is 0 Å². The zero-order valence-electron chi connectivity index (χ0n) is 10.7. The smallest absolute Gasteiger partial charge is 0.293 e. The lowest BCUT2D eigenvalue weighted by Gasteiger charge is -2.02. The number of carbonyl (C=O) groups is 1. The van der Waals surface area contributed by atoms with Crippen LogP contribution in [0.4, 0.5) is 5.69 Å². The number of rotatable bonds is 4. The van der Waals surface area contributed by atoms with Crippen LogP contribution in [0.25, 0.3) is 22.3 Å². The lowest BCUT2D eigenvalue weighted by atomic mass is 10.1. The molecule has 0 saturated carbocycles. The van der Waals surface area contributed by atoms with E-state index in [1.807, 2.05) is 36.4 Å². The van der Waals surface area contributed by atoms with Gasteiger partial charge >= 0.3 is 0 Å². The van der Waals surface area contributed by atoms with Gasteiger partial charge in [-0.2, -0.15) is 0 Å². The molecule has 100 valence electrons. The highest BCUT2D eigenvalue weighted by Gasteiger charge is 2.16. The van der Waals surface area contributed by atoms with E-state index in [2.05, 4.69) is 0 Å². The van der Waals surface area contributed by atoms with Crippen molar-refractivity contribution in [2.75, 3.05) is 5.73 Å². The van der Waals surface area contributed by atoms with Crippen LogP contribution in [0.3, 0.4) is 0 Å². The topological polar surface area (TPSA) is 65.5 Å². The van der Waals surface area contributed by atoms with Gasteiger partial charge in [0.2, 0.25) is 0 Å².